The molecule has 0 radical (unpaired) electrons. The fourth-order valence-electron chi connectivity index (χ4n) is 2.01. The lowest BCUT2D eigenvalue weighted by atomic mass is 10.2. The Balaban J connectivity index is 2.00. The molecule has 0 bridgehead atoms. The van der Waals surface area contributed by atoms with Crippen molar-refractivity contribution in [3.63, 3.8) is 0 Å². The van der Waals surface area contributed by atoms with Crippen LogP contribution >= 0.6 is 15.9 Å². The van der Waals surface area contributed by atoms with Gasteiger partial charge in [-0.25, -0.2) is 22.2 Å². The van der Waals surface area contributed by atoms with Crippen LogP contribution in [-0.4, -0.2) is 13.4 Å². The number of nitrogens with zero attached hydrogens (tertiary/aromatic N) is 1. The van der Waals surface area contributed by atoms with Gasteiger partial charge in [0.05, 0.1) is 10.4 Å². The highest BCUT2D eigenvalue weighted by Crippen LogP contribution is 2.24. The van der Waals surface area contributed by atoms with Gasteiger partial charge in [-0.15, -0.1) is 0 Å². The van der Waals surface area contributed by atoms with Crippen molar-refractivity contribution in [1.82, 2.24) is 4.98 Å². The van der Waals surface area contributed by atoms with Crippen LogP contribution in [0.1, 0.15) is 0 Å². The molecule has 0 saturated heterocycles. The molecule has 2 aromatic carbocycles. The molecular formula is C15H9BrF2N2O2S. The van der Waals surface area contributed by atoms with E-state index in [2.05, 4.69) is 25.6 Å². The Bertz CT molecular complexity index is 1010. The van der Waals surface area contributed by atoms with Crippen LogP contribution in [0.5, 0.6) is 0 Å². The van der Waals surface area contributed by atoms with Gasteiger partial charge >= 0.3 is 0 Å². The van der Waals surface area contributed by atoms with E-state index in [0.29, 0.717) is 16.1 Å². The lowest BCUT2D eigenvalue weighted by Gasteiger charge is -2.09. The molecule has 3 aromatic rings. The monoisotopic (exact) mass is 398 g/mol. The Kier molecular flexibility index (Phi) is 4.03. The molecule has 1 aromatic heterocycles. The molecule has 4 nitrogen and oxygen atoms in total. The zero-order valence-corrected chi connectivity index (χ0v) is 13.8. The molecule has 0 unspecified atom stereocenters. The third-order valence-corrected chi connectivity index (χ3v) is 5.10. The van der Waals surface area contributed by atoms with Gasteiger partial charge in [0.2, 0.25) is 0 Å². The third-order valence-electron chi connectivity index (χ3n) is 3.11. The first kappa shape index (κ1) is 15.8. The number of halogens is 3. The number of hydrogen-bond acceptors (Lipinski definition) is 3. The van der Waals surface area contributed by atoms with Gasteiger partial charge in [0, 0.05) is 9.86 Å². The maximum atomic E-state index is 13.2. The summed E-state index contributed by atoms with van der Waals surface area (Å²) < 4.78 is 53.6. The van der Waals surface area contributed by atoms with E-state index in [-0.39, 0.29) is 10.7 Å². The van der Waals surface area contributed by atoms with Gasteiger partial charge in [-0.3, -0.25) is 4.72 Å². The van der Waals surface area contributed by atoms with Gasteiger partial charge in [0.15, 0.2) is 11.6 Å². The summed E-state index contributed by atoms with van der Waals surface area (Å²) in [6.07, 6.45) is 0. The van der Waals surface area contributed by atoms with Crippen molar-refractivity contribution in [3.8, 4) is 0 Å². The first-order valence-corrected chi connectivity index (χ1v) is 8.67. The van der Waals surface area contributed by atoms with Crippen LogP contribution in [0.15, 0.2) is 57.9 Å². The first-order chi connectivity index (χ1) is 10.9. The average molecular weight is 399 g/mol. The number of sulfonamides is 1. The zero-order valence-electron chi connectivity index (χ0n) is 11.4. The van der Waals surface area contributed by atoms with Crippen LogP contribution in [-0.2, 0) is 10.0 Å². The van der Waals surface area contributed by atoms with Crippen molar-refractivity contribution < 1.29 is 17.2 Å². The second kappa shape index (κ2) is 5.86. The van der Waals surface area contributed by atoms with Crippen LogP contribution in [0.2, 0.25) is 0 Å². The van der Waals surface area contributed by atoms with Crippen molar-refractivity contribution in [2.24, 2.45) is 0 Å². The van der Waals surface area contributed by atoms with Gasteiger partial charge in [0.1, 0.15) is 5.82 Å². The Morgan fingerprint density at radius 2 is 1.78 bits per heavy atom. The van der Waals surface area contributed by atoms with Gasteiger partial charge in [-0.2, -0.15) is 0 Å². The van der Waals surface area contributed by atoms with E-state index in [9.17, 15) is 17.2 Å². The zero-order chi connectivity index (χ0) is 16.6. The van der Waals surface area contributed by atoms with E-state index >= 15 is 0 Å². The number of fused-ring (bicyclic) bond motifs is 1. The minimum absolute atomic E-state index is 0.0779. The number of anilines is 1. The highest BCUT2D eigenvalue weighted by atomic mass is 79.9. The Morgan fingerprint density at radius 1 is 1.00 bits per heavy atom. The van der Waals surface area contributed by atoms with Crippen molar-refractivity contribution >= 4 is 42.7 Å². The fourth-order valence-corrected chi connectivity index (χ4v) is 3.49. The Labute approximate surface area is 139 Å². The molecule has 0 atom stereocenters. The van der Waals surface area contributed by atoms with Crippen LogP contribution in [0.25, 0.3) is 10.9 Å². The smallest absolute Gasteiger partial charge is 0.263 e. The molecular weight excluding hydrogens is 390 g/mol. The molecule has 1 heterocycles. The summed E-state index contributed by atoms with van der Waals surface area (Å²) in [4.78, 5) is 3.84. The standard InChI is InChI=1S/C15H9BrF2N2O2S/c16-11-3-1-2-9-4-7-14(19-15(9)11)20-23(21,22)10-5-6-12(17)13(18)8-10/h1-8H,(H,19,20). The average Bonchev–Trinajstić information content (AvgIpc) is 2.50. The minimum atomic E-state index is -4.07. The number of rotatable bonds is 3. The molecule has 23 heavy (non-hydrogen) atoms. The van der Waals surface area contributed by atoms with E-state index in [1.807, 2.05) is 12.1 Å². The van der Waals surface area contributed by atoms with Crippen LogP contribution in [0.4, 0.5) is 14.6 Å². The van der Waals surface area contributed by atoms with Crippen LogP contribution < -0.4 is 4.72 Å². The predicted molar refractivity (Wildman–Crippen MR) is 86.6 cm³/mol. The number of pyridine rings is 1. The Morgan fingerprint density at radius 3 is 2.52 bits per heavy atom. The summed E-state index contributed by atoms with van der Waals surface area (Å²) in [6.45, 7) is 0. The summed E-state index contributed by atoms with van der Waals surface area (Å²) >= 11 is 3.34. The van der Waals surface area contributed by atoms with Gasteiger partial charge in [0.25, 0.3) is 10.0 Å². The lowest BCUT2D eigenvalue weighted by molar-refractivity contribution is 0.504. The number of benzene rings is 2. The molecule has 8 heteroatoms. The Hall–Kier alpha value is -2.06. The molecule has 1 N–H and O–H groups in total. The topological polar surface area (TPSA) is 59.1 Å². The van der Waals surface area contributed by atoms with E-state index in [1.54, 1.807) is 12.1 Å². The fraction of sp³-hybridized carbons (Fsp3) is 0. The summed E-state index contributed by atoms with van der Waals surface area (Å²) in [5, 5.41) is 0.829. The molecule has 0 spiro atoms. The predicted octanol–water partition coefficient (Wildman–Crippen LogP) is 4.08. The molecule has 0 aliphatic heterocycles. The number of hydrogen-bond donors (Lipinski definition) is 1. The summed E-state index contributed by atoms with van der Waals surface area (Å²) in [5.74, 6) is -2.27. The van der Waals surface area contributed by atoms with Crippen molar-refractivity contribution in [2.45, 2.75) is 4.90 Å². The van der Waals surface area contributed by atoms with Crippen molar-refractivity contribution in [3.05, 3.63) is 64.6 Å². The summed E-state index contributed by atoms with van der Waals surface area (Å²) in [7, 11) is -4.07. The number of para-hydroxylation sites is 1. The minimum Gasteiger partial charge on any atom is -0.263 e. The van der Waals surface area contributed by atoms with Crippen LogP contribution in [0.3, 0.4) is 0 Å². The second-order valence-corrected chi connectivity index (χ2v) is 7.23. The van der Waals surface area contributed by atoms with E-state index in [1.165, 1.54) is 6.07 Å². The van der Waals surface area contributed by atoms with E-state index < -0.39 is 21.7 Å². The molecule has 0 saturated carbocycles. The molecule has 3 rings (SSSR count). The second-order valence-electron chi connectivity index (χ2n) is 4.69. The molecule has 0 amide bonds. The highest BCUT2D eigenvalue weighted by molar-refractivity contribution is 9.10. The van der Waals surface area contributed by atoms with E-state index in [4.69, 9.17) is 0 Å². The summed E-state index contributed by atoms with van der Waals surface area (Å²) in [6, 6.07) is 11.0. The number of nitrogens with one attached hydrogen (secondary N) is 1. The van der Waals surface area contributed by atoms with Gasteiger partial charge < -0.3 is 0 Å². The SMILES string of the molecule is O=S(=O)(Nc1ccc2cccc(Br)c2n1)c1ccc(F)c(F)c1. The largest absolute Gasteiger partial charge is 0.263 e. The summed E-state index contributed by atoms with van der Waals surface area (Å²) in [5.41, 5.74) is 0.581. The van der Waals surface area contributed by atoms with Gasteiger partial charge in [-0.05, 0) is 52.3 Å². The lowest BCUT2D eigenvalue weighted by Crippen LogP contribution is -2.14. The molecule has 0 aliphatic rings. The third kappa shape index (κ3) is 3.18. The van der Waals surface area contributed by atoms with Crippen LogP contribution in [0, 0.1) is 11.6 Å². The normalized spacial score (nSPS) is 11.6. The molecule has 0 fully saturated rings. The molecule has 0 aliphatic carbocycles. The van der Waals surface area contributed by atoms with Crippen molar-refractivity contribution in [1.29, 1.82) is 0 Å². The molecule has 118 valence electrons. The van der Waals surface area contributed by atoms with Gasteiger partial charge in [-0.1, -0.05) is 12.1 Å². The van der Waals surface area contributed by atoms with Crippen molar-refractivity contribution in [2.75, 3.05) is 4.72 Å². The number of aromatic nitrogens is 1. The first-order valence-electron chi connectivity index (χ1n) is 6.40. The maximum absolute atomic E-state index is 13.2. The highest BCUT2D eigenvalue weighted by Gasteiger charge is 2.17. The van der Waals surface area contributed by atoms with E-state index in [0.717, 1.165) is 17.5 Å². The maximum Gasteiger partial charge on any atom is 0.263 e. The quantitative estimate of drug-likeness (QED) is 0.722.